The van der Waals surface area contributed by atoms with Crippen LogP contribution in [0, 0.1) is 17.8 Å². The van der Waals surface area contributed by atoms with E-state index in [-0.39, 0.29) is 6.29 Å². The minimum absolute atomic E-state index is 0.0423. The third kappa shape index (κ3) is 10.0. The summed E-state index contributed by atoms with van der Waals surface area (Å²) in [6.45, 7) is 9.59. The first-order valence-electron chi connectivity index (χ1n) is 13.3. The topological polar surface area (TPSA) is 18.5 Å². The Morgan fingerprint density at radius 1 is 1.06 bits per heavy atom. The highest BCUT2D eigenvalue weighted by atomic mass is 16.7. The first kappa shape index (κ1) is 27.6. The van der Waals surface area contributed by atoms with Crippen molar-refractivity contribution in [3.8, 4) is 0 Å². The van der Waals surface area contributed by atoms with Crippen molar-refractivity contribution in [1.29, 1.82) is 0 Å². The molecular weight excluding hydrogens is 404 g/mol. The molecule has 2 aliphatic rings. The third-order valence-electron chi connectivity index (χ3n) is 6.92. The molecule has 184 valence electrons. The summed E-state index contributed by atoms with van der Waals surface area (Å²) in [6.07, 6.45) is 20.4. The van der Waals surface area contributed by atoms with Crippen LogP contribution in [0.5, 0.6) is 0 Å². The van der Waals surface area contributed by atoms with E-state index in [1.165, 1.54) is 55.2 Å². The lowest BCUT2D eigenvalue weighted by atomic mass is 9.78. The van der Waals surface area contributed by atoms with Crippen LogP contribution in [-0.4, -0.2) is 20.0 Å². The SMILES string of the molecule is C/C=C(/CC(C)C)c1ccccc1.CCC(C1CCCCC1)C(OC)OCC1=CCCC=C1. The molecule has 0 radical (unpaired) electrons. The first-order chi connectivity index (χ1) is 16.1. The number of hydrogen-bond acceptors (Lipinski definition) is 2. The van der Waals surface area contributed by atoms with Gasteiger partial charge < -0.3 is 9.47 Å². The van der Waals surface area contributed by atoms with Gasteiger partial charge in [0.2, 0.25) is 0 Å². The van der Waals surface area contributed by atoms with E-state index in [0.717, 1.165) is 31.1 Å². The van der Waals surface area contributed by atoms with Gasteiger partial charge in [0.05, 0.1) is 6.61 Å². The molecular formula is C31H48O2. The zero-order valence-corrected chi connectivity index (χ0v) is 21.9. The fourth-order valence-electron chi connectivity index (χ4n) is 5.12. The van der Waals surface area contributed by atoms with Crippen LogP contribution in [0.15, 0.2) is 60.2 Å². The van der Waals surface area contributed by atoms with Gasteiger partial charge in [0.15, 0.2) is 6.29 Å². The van der Waals surface area contributed by atoms with E-state index in [9.17, 15) is 0 Å². The number of methoxy groups -OCH3 is 1. The molecule has 2 heteroatoms. The van der Waals surface area contributed by atoms with E-state index in [0.29, 0.717) is 12.5 Å². The van der Waals surface area contributed by atoms with E-state index in [1.54, 1.807) is 7.11 Å². The Morgan fingerprint density at radius 2 is 1.79 bits per heavy atom. The molecule has 0 saturated heterocycles. The van der Waals surface area contributed by atoms with Crippen LogP contribution in [-0.2, 0) is 9.47 Å². The zero-order valence-electron chi connectivity index (χ0n) is 21.9. The Bertz CT molecular complexity index is 723. The van der Waals surface area contributed by atoms with Crippen LogP contribution < -0.4 is 0 Å². The van der Waals surface area contributed by atoms with Gasteiger partial charge in [-0.15, -0.1) is 0 Å². The molecule has 0 aliphatic heterocycles. The van der Waals surface area contributed by atoms with Crippen molar-refractivity contribution in [3.05, 3.63) is 65.8 Å². The number of allylic oxidation sites excluding steroid dienone is 4. The molecule has 0 N–H and O–H groups in total. The van der Waals surface area contributed by atoms with E-state index in [2.05, 4.69) is 82.3 Å². The zero-order chi connectivity index (χ0) is 23.9. The van der Waals surface area contributed by atoms with Gasteiger partial charge >= 0.3 is 0 Å². The summed E-state index contributed by atoms with van der Waals surface area (Å²) in [5.41, 5.74) is 4.12. The molecule has 0 heterocycles. The minimum Gasteiger partial charge on any atom is -0.356 e. The highest BCUT2D eigenvalue weighted by Gasteiger charge is 2.30. The number of rotatable bonds is 10. The molecule has 2 atom stereocenters. The van der Waals surface area contributed by atoms with Crippen molar-refractivity contribution >= 4 is 5.57 Å². The maximum atomic E-state index is 6.10. The highest BCUT2D eigenvalue weighted by molar-refractivity contribution is 5.65. The highest BCUT2D eigenvalue weighted by Crippen LogP contribution is 2.35. The second-order valence-electron chi connectivity index (χ2n) is 9.92. The predicted octanol–water partition coefficient (Wildman–Crippen LogP) is 8.99. The fraction of sp³-hybridized carbons (Fsp3) is 0.613. The molecule has 1 aromatic carbocycles. The molecule has 3 rings (SSSR count). The molecule has 33 heavy (non-hydrogen) atoms. The maximum absolute atomic E-state index is 6.10. The Balaban J connectivity index is 0.000000257. The fourth-order valence-corrected chi connectivity index (χ4v) is 5.12. The van der Waals surface area contributed by atoms with E-state index >= 15 is 0 Å². The summed E-state index contributed by atoms with van der Waals surface area (Å²) >= 11 is 0. The van der Waals surface area contributed by atoms with Crippen LogP contribution in [0.4, 0.5) is 0 Å². The Labute approximate surface area is 204 Å². The molecule has 0 amide bonds. The standard InChI is InChI=1S/C18H30O2.C13H18/c1-3-17(16-12-8-5-9-13-16)18(19-2)20-14-15-10-6-4-7-11-15;1-4-12(10-11(2)3)13-8-6-5-7-9-13/h6,10-11,16-18H,3-5,7-9,12-14H2,1-2H3;4-9,11H,10H2,1-3H3/b;12-4-. The lowest BCUT2D eigenvalue weighted by Gasteiger charge is -2.34. The summed E-state index contributed by atoms with van der Waals surface area (Å²) in [6, 6.07) is 10.6. The average molecular weight is 453 g/mol. The van der Waals surface area contributed by atoms with E-state index < -0.39 is 0 Å². The Hall–Kier alpha value is -1.64. The Kier molecular flexibility index (Phi) is 13.4. The van der Waals surface area contributed by atoms with Gasteiger partial charge in [-0.25, -0.2) is 0 Å². The molecule has 2 unspecified atom stereocenters. The maximum Gasteiger partial charge on any atom is 0.160 e. The van der Waals surface area contributed by atoms with Crippen molar-refractivity contribution < 1.29 is 9.47 Å². The number of hydrogen-bond donors (Lipinski definition) is 0. The minimum atomic E-state index is -0.0423. The van der Waals surface area contributed by atoms with Crippen LogP contribution >= 0.6 is 0 Å². The normalized spacial score (nSPS) is 19.0. The monoisotopic (exact) mass is 452 g/mol. The molecule has 0 aromatic heterocycles. The van der Waals surface area contributed by atoms with Crippen molar-refractivity contribution in [2.45, 2.75) is 91.8 Å². The molecule has 2 aliphatic carbocycles. The third-order valence-corrected chi connectivity index (χ3v) is 6.92. The van der Waals surface area contributed by atoms with Gasteiger partial charge in [-0.2, -0.15) is 0 Å². The van der Waals surface area contributed by atoms with Gasteiger partial charge in [0, 0.05) is 13.0 Å². The van der Waals surface area contributed by atoms with E-state index in [1.807, 2.05) is 0 Å². The molecule has 2 nitrogen and oxygen atoms in total. The van der Waals surface area contributed by atoms with Gasteiger partial charge in [0.25, 0.3) is 0 Å². The molecule has 1 aromatic rings. The summed E-state index contributed by atoms with van der Waals surface area (Å²) < 4.78 is 11.8. The van der Waals surface area contributed by atoms with Crippen LogP contribution in [0.25, 0.3) is 5.57 Å². The van der Waals surface area contributed by atoms with Gasteiger partial charge in [-0.05, 0) is 74.0 Å². The smallest absolute Gasteiger partial charge is 0.160 e. The molecule has 1 saturated carbocycles. The van der Waals surface area contributed by atoms with Crippen molar-refractivity contribution in [3.63, 3.8) is 0 Å². The van der Waals surface area contributed by atoms with Gasteiger partial charge in [-0.3, -0.25) is 0 Å². The van der Waals surface area contributed by atoms with Gasteiger partial charge in [0.1, 0.15) is 0 Å². The van der Waals surface area contributed by atoms with E-state index in [4.69, 9.17) is 9.47 Å². The van der Waals surface area contributed by atoms with Crippen LogP contribution in [0.3, 0.4) is 0 Å². The largest absolute Gasteiger partial charge is 0.356 e. The predicted molar refractivity (Wildman–Crippen MR) is 143 cm³/mol. The summed E-state index contributed by atoms with van der Waals surface area (Å²) in [4.78, 5) is 0. The summed E-state index contributed by atoms with van der Waals surface area (Å²) in [5.74, 6) is 2.06. The number of ether oxygens (including phenoxy) is 2. The second-order valence-corrected chi connectivity index (χ2v) is 9.92. The van der Waals surface area contributed by atoms with Crippen molar-refractivity contribution in [2.24, 2.45) is 17.8 Å². The van der Waals surface area contributed by atoms with Gasteiger partial charge in [-0.1, -0.05) is 94.7 Å². The number of benzene rings is 1. The first-order valence-corrected chi connectivity index (χ1v) is 13.3. The van der Waals surface area contributed by atoms with Crippen LogP contribution in [0.2, 0.25) is 0 Å². The molecule has 1 fully saturated rings. The lowest BCUT2D eigenvalue weighted by molar-refractivity contribution is -0.164. The molecule has 0 bridgehead atoms. The quantitative estimate of drug-likeness (QED) is 0.330. The van der Waals surface area contributed by atoms with Crippen molar-refractivity contribution in [2.75, 3.05) is 13.7 Å². The Morgan fingerprint density at radius 3 is 2.33 bits per heavy atom. The average Bonchev–Trinajstić information content (AvgIpc) is 2.87. The summed E-state index contributed by atoms with van der Waals surface area (Å²) in [5, 5.41) is 0. The van der Waals surface area contributed by atoms with Crippen molar-refractivity contribution in [1.82, 2.24) is 0 Å². The van der Waals surface area contributed by atoms with Crippen LogP contribution in [0.1, 0.15) is 91.0 Å². The second kappa shape index (κ2) is 16.1. The lowest BCUT2D eigenvalue weighted by Crippen LogP contribution is -2.33. The molecule has 0 spiro atoms. The summed E-state index contributed by atoms with van der Waals surface area (Å²) in [7, 11) is 1.79.